The number of benzene rings is 2. The molecule has 0 unspecified atom stereocenters. The van der Waals surface area contributed by atoms with E-state index in [1.165, 1.54) is 59.5 Å². The quantitative estimate of drug-likeness (QED) is 0.389. The number of nitro benzene ring substituents is 2. The molecule has 1 N–H and O–H groups in total. The Morgan fingerprint density at radius 1 is 1.14 bits per heavy atom. The van der Waals surface area contributed by atoms with Crippen LogP contribution < -0.4 is 5.32 Å². The second-order valence-corrected chi connectivity index (χ2v) is 7.91. The Balaban J connectivity index is 1.94. The third-order valence-corrected chi connectivity index (χ3v) is 5.55. The molecule has 2 aromatic carbocycles. The van der Waals surface area contributed by atoms with Crippen LogP contribution in [0.15, 0.2) is 53.6 Å². The second kappa shape index (κ2) is 11.8. The Hall–Kier alpha value is -4.39. The fourth-order valence-corrected chi connectivity index (χ4v) is 3.75. The molecule has 1 aliphatic heterocycles. The summed E-state index contributed by atoms with van der Waals surface area (Å²) in [5.41, 5.74) is 1.34. The van der Waals surface area contributed by atoms with Crippen LogP contribution in [0.25, 0.3) is 0 Å². The van der Waals surface area contributed by atoms with Crippen molar-refractivity contribution in [3.05, 3.63) is 79.9 Å². The maximum absolute atomic E-state index is 13.4. The van der Waals surface area contributed by atoms with Gasteiger partial charge in [0.2, 0.25) is 0 Å². The van der Waals surface area contributed by atoms with Crippen molar-refractivity contribution < 1.29 is 24.2 Å². The van der Waals surface area contributed by atoms with Crippen LogP contribution in [0, 0.1) is 20.2 Å². The number of methoxy groups -OCH3 is 1. The Morgan fingerprint density at radius 3 is 2.44 bits per heavy atom. The van der Waals surface area contributed by atoms with Crippen LogP contribution >= 0.6 is 0 Å². The van der Waals surface area contributed by atoms with Crippen LogP contribution in [-0.2, 0) is 9.53 Å². The number of ether oxygens (including phenoxy) is 1. The monoisotopic (exact) mass is 498 g/mol. The molecule has 0 saturated heterocycles. The number of nitro groups is 2. The molecule has 13 heteroatoms. The maximum Gasteiger partial charge on any atom is 0.317 e. The molecule has 0 saturated carbocycles. The molecule has 36 heavy (non-hydrogen) atoms. The van der Waals surface area contributed by atoms with E-state index < -0.39 is 27.8 Å². The summed E-state index contributed by atoms with van der Waals surface area (Å²) in [6.45, 7) is 2.22. The van der Waals surface area contributed by atoms with Gasteiger partial charge in [0.25, 0.3) is 17.3 Å². The van der Waals surface area contributed by atoms with Gasteiger partial charge in [-0.2, -0.15) is 5.10 Å². The Bertz CT molecular complexity index is 1170. The van der Waals surface area contributed by atoms with Gasteiger partial charge in [0.1, 0.15) is 6.54 Å². The van der Waals surface area contributed by atoms with Crippen molar-refractivity contribution in [2.45, 2.75) is 19.4 Å². The third kappa shape index (κ3) is 6.18. The molecule has 3 amide bonds. The number of hydrogen-bond acceptors (Lipinski definition) is 8. The number of rotatable bonds is 10. The van der Waals surface area contributed by atoms with Crippen molar-refractivity contribution in [3.63, 3.8) is 0 Å². The maximum atomic E-state index is 13.4. The van der Waals surface area contributed by atoms with E-state index in [1.54, 1.807) is 13.0 Å². The molecular formula is C23H26N6O7. The van der Waals surface area contributed by atoms with E-state index in [4.69, 9.17) is 4.74 Å². The van der Waals surface area contributed by atoms with Crippen molar-refractivity contribution >= 4 is 29.0 Å². The van der Waals surface area contributed by atoms with E-state index in [9.17, 15) is 29.8 Å². The number of hydrazone groups is 1. The fraction of sp³-hybridized carbons (Fsp3) is 0.348. The molecule has 0 bridgehead atoms. The average molecular weight is 498 g/mol. The minimum absolute atomic E-state index is 0.0868. The molecule has 0 aromatic heterocycles. The highest BCUT2D eigenvalue weighted by Gasteiger charge is 2.35. The number of nitrogens with zero attached hydrogens (tertiary/aromatic N) is 5. The lowest BCUT2D eigenvalue weighted by atomic mass is 9.98. The molecule has 1 heterocycles. The number of urea groups is 1. The van der Waals surface area contributed by atoms with Gasteiger partial charge < -0.3 is 15.0 Å². The van der Waals surface area contributed by atoms with Gasteiger partial charge >= 0.3 is 6.03 Å². The lowest BCUT2D eigenvalue weighted by Gasteiger charge is -2.27. The first kappa shape index (κ1) is 26.2. The number of carbonyl (C=O) groups excluding carboxylic acids is 2. The summed E-state index contributed by atoms with van der Waals surface area (Å²) in [5.74, 6) is -0.495. The van der Waals surface area contributed by atoms with Crippen LogP contribution in [0.4, 0.5) is 16.2 Å². The zero-order chi connectivity index (χ0) is 26.2. The highest BCUT2D eigenvalue weighted by molar-refractivity contribution is 6.03. The van der Waals surface area contributed by atoms with Crippen molar-refractivity contribution in [2.75, 3.05) is 33.4 Å². The van der Waals surface area contributed by atoms with E-state index in [0.717, 1.165) is 0 Å². The van der Waals surface area contributed by atoms with Crippen LogP contribution in [-0.4, -0.2) is 70.8 Å². The Kier molecular flexibility index (Phi) is 8.62. The highest BCUT2D eigenvalue weighted by atomic mass is 16.6. The number of hydrogen-bond donors (Lipinski definition) is 1. The lowest BCUT2D eigenvalue weighted by Crippen LogP contribution is -2.47. The molecule has 0 fully saturated rings. The first-order valence-corrected chi connectivity index (χ1v) is 11.2. The first-order valence-electron chi connectivity index (χ1n) is 11.2. The summed E-state index contributed by atoms with van der Waals surface area (Å²) in [5, 5.41) is 30.7. The minimum Gasteiger partial charge on any atom is -0.383 e. The van der Waals surface area contributed by atoms with Crippen molar-refractivity contribution in [3.8, 4) is 0 Å². The van der Waals surface area contributed by atoms with Gasteiger partial charge in [-0.05, 0) is 30.2 Å². The smallest absolute Gasteiger partial charge is 0.317 e. The van der Waals surface area contributed by atoms with Gasteiger partial charge in [0, 0.05) is 50.9 Å². The van der Waals surface area contributed by atoms with E-state index in [-0.39, 0.29) is 37.5 Å². The molecule has 0 spiro atoms. The third-order valence-electron chi connectivity index (χ3n) is 5.55. The van der Waals surface area contributed by atoms with Crippen LogP contribution in [0.2, 0.25) is 0 Å². The van der Waals surface area contributed by atoms with E-state index in [0.29, 0.717) is 23.4 Å². The average Bonchev–Trinajstić information content (AvgIpc) is 3.32. The zero-order valence-corrected chi connectivity index (χ0v) is 19.8. The van der Waals surface area contributed by atoms with E-state index in [1.807, 2.05) is 0 Å². The van der Waals surface area contributed by atoms with Crippen molar-refractivity contribution in [2.24, 2.45) is 5.10 Å². The Labute approximate surface area is 206 Å². The van der Waals surface area contributed by atoms with Crippen molar-refractivity contribution in [1.82, 2.24) is 15.2 Å². The van der Waals surface area contributed by atoms with Gasteiger partial charge in [-0.15, -0.1) is 0 Å². The second-order valence-electron chi connectivity index (χ2n) is 7.91. The summed E-state index contributed by atoms with van der Waals surface area (Å²) in [6, 6.07) is 10.6. The molecule has 190 valence electrons. The fourth-order valence-electron chi connectivity index (χ4n) is 3.75. The number of carbonyl (C=O) groups is 2. The lowest BCUT2D eigenvalue weighted by molar-refractivity contribution is -0.385. The van der Waals surface area contributed by atoms with Crippen molar-refractivity contribution in [1.29, 1.82) is 0 Å². The largest absolute Gasteiger partial charge is 0.383 e. The zero-order valence-electron chi connectivity index (χ0n) is 19.8. The number of amides is 3. The summed E-state index contributed by atoms with van der Waals surface area (Å²) < 4.78 is 5.05. The molecule has 1 aliphatic rings. The van der Waals surface area contributed by atoms with Gasteiger partial charge in [-0.25, -0.2) is 9.80 Å². The van der Waals surface area contributed by atoms with Gasteiger partial charge in [-0.1, -0.05) is 12.1 Å². The highest BCUT2D eigenvalue weighted by Crippen LogP contribution is 2.34. The Morgan fingerprint density at radius 2 is 1.83 bits per heavy atom. The number of non-ortho nitro benzene ring substituents is 2. The SMILES string of the molecule is CCNC(=O)N(CCOC)CC(=O)N1N=C(c2ccc([N+](=O)[O-])cc2)C[C@H]1c1cccc([N+](=O)[O-])c1. The molecule has 0 aliphatic carbocycles. The van der Waals surface area contributed by atoms with Gasteiger partial charge in [0.05, 0.1) is 28.2 Å². The van der Waals surface area contributed by atoms with Gasteiger partial charge in [0.15, 0.2) is 0 Å². The molecule has 0 radical (unpaired) electrons. The number of nitrogens with one attached hydrogen (secondary N) is 1. The summed E-state index contributed by atoms with van der Waals surface area (Å²) in [7, 11) is 1.48. The molecule has 2 aromatic rings. The molecule has 13 nitrogen and oxygen atoms in total. The van der Waals surface area contributed by atoms with Crippen LogP contribution in [0.5, 0.6) is 0 Å². The van der Waals surface area contributed by atoms with E-state index >= 15 is 0 Å². The summed E-state index contributed by atoms with van der Waals surface area (Å²) >= 11 is 0. The standard InChI is InChI=1S/C23H26N6O7/c1-3-24-23(31)26(11-12-36-2)15-22(30)27-21(17-5-4-6-19(13-17)29(34)35)14-20(25-27)16-7-9-18(10-8-16)28(32)33/h4-10,13,21H,3,11-12,14-15H2,1-2H3,(H,24,31)/t21-/m0/s1. The first-order chi connectivity index (χ1) is 17.2. The predicted molar refractivity (Wildman–Crippen MR) is 129 cm³/mol. The van der Waals surface area contributed by atoms with Crippen LogP contribution in [0.3, 0.4) is 0 Å². The van der Waals surface area contributed by atoms with Gasteiger partial charge in [-0.3, -0.25) is 25.0 Å². The molecular weight excluding hydrogens is 472 g/mol. The molecule has 1 atom stereocenters. The summed E-state index contributed by atoms with van der Waals surface area (Å²) in [4.78, 5) is 48.4. The minimum atomic E-state index is -0.666. The van der Waals surface area contributed by atoms with E-state index in [2.05, 4.69) is 10.4 Å². The predicted octanol–water partition coefficient (Wildman–Crippen LogP) is 2.86. The summed E-state index contributed by atoms with van der Waals surface area (Å²) in [6.07, 6.45) is 0.226. The topological polar surface area (TPSA) is 161 Å². The normalized spacial score (nSPS) is 14.8. The molecule has 3 rings (SSSR count). The van der Waals surface area contributed by atoms with Crippen LogP contribution in [0.1, 0.15) is 30.5 Å².